The Hall–Kier alpha value is -9.54. The standard InChI is InChI=1S/3C28H28N.BO3/c3*1-21-20-28(24(4)23(3)22(21)2)29(25-14-8-5-9-15-25,26-16-10-6-11-17-26)27-18-12-7-13-19-27;2-1(3)4/h3*5-20H,1-4H3;/q3*+1;-3. The summed E-state index contributed by atoms with van der Waals surface area (Å²) in [4.78, 5) is 0. The van der Waals surface area contributed by atoms with E-state index in [9.17, 15) is 0 Å². The van der Waals surface area contributed by atoms with Crippen molar-refractivity contribution < 1.29 is 15.1 Å². The predicted molar refractivity (Wildman–Crippen MR) is 382 cm³/mol. The molecule has 0 heterocycles. The predicted octanol–water partition coefficient (Wildman–Crippen LogP) is 20.7. The second kappa shape index (κ2) is 29.4. The van der Waals surface area contributed by atoms with E-state index >= 15 is 0 Å². The van der Waals surface area contributed by atoms with Crippen LogP contribution in [0.3, 0.4) is 0 Å². The molecule has 6 nitrogen and oxygen atoms in total. The lowest BCUT2D eigenvalue weighted by molar-refractivity contribution is -0.479. The van der Waals surface area contributed by atoms with Gasteiger partial charge in [0.05, 0.1) is 0 Å². The maximum Gasteiger partial charge on any atom is 0.151 e. The molecule has 0 unspecified atom stereocenters. The van der Waals surface area contributed by atoms with Crippen LogP contribution in [0.4, 0.5) is 68.2 Å². The van der Waals surface area contributed by atoms with Gasteiger partial charge in [0, 0.05) is 144 Å². The van der Waals surface area contributed by atoms with E-state index in [2.05, 4.69) is 374 Å². The van der Waals surface area contributed by atoms with Gasteiger partial charge in [-0.15, -0.1) is 0 Å². The molecule has 12 aromatic rings. The molecule has 0 atom stereocenters. The Balaban J connectivity index is 0.000000157. The van der Waals surface area contributed by atoms with Crippen molar-refractivity contribution in [1.82, 2.24) is 13.4 Å². The van der Waals surface area contributed by atoms with Gasteiger partial charge in [-0.25, -0.2) is 0 Å². The van der Waals surface area contributed by atoms with Crippen LogP contribution >= 0.6 is 0 Å². The molecule has 0 fully saturated rings. The van der Waals surface area contributed by atoms with Crippen molar-refractivity contribution in [3.8, 4) is 0 Å². The molecule has 7 heteroatoms. The van der Waals surface area contributed by atoms with Crippen molar-refractivity contribution in [1.29, 1.82) is 0 Å². The lowest BCUT2D eigenvalue weighted by atomic mass is 9.94. The summed E-state index contributed by atoms with van der Waals surface area (Å²) in [5.41, 5.74) is 31.2. The van der Waals surface area contributed by atoms with Crippen molar-refractivity contribution >= 4 is 75.6 Å². The topological polar surface area (TPSA) is 69.2 Å². The molecular weight excluding hydrogens is 1110 g/mol. The highest BCUT2D eigenvalue weighted by atomic mass is 16.5. The normalized spacial score (nSPS) is 11.2. The van der Waals surface area contributed by atoms with E-state index in [1.54, 1.807) is 0 Å². The van der Waals surface area contributed by atoms with Crippen LogP contribution in [0.5, 0.6) is 0 Å². The lowest BCUT2D eigenvalue weighted by Crippen LogP contribution is -2.56. The van der Waals surface area contributed by atoms with Crippen molar-refractivity contribution in [2.24, 2.45) is 0 Å². The van der Waals surface area contributed by atoms with Gasteiger partial charge in [-0.05, 0) is 133 Å². The minimum atomic E-state index is -2.92. The average molecular weight is 1190 g/mol. The first kappa shape index (κ1) is 65.9. The molecule has 0 aliphatic carbocycles. The maximum atomic E-state index is 8.42. The summed E-state index contributed by atoms with van der Waals surface area (Å²) in [6.45, 7) is 26.9. The lowest BCUT2D eigenvalue weighted by Gasteiger charge is -2.38. The average Bonchev–Trinajstić information content (AvgIpc) is 0.865. The van der Waals surface area contributed by atoms with E-state index in [0.29, 0.717) is 13.4 Å². The Morgan fingerprint density at radius 2 is 0.308 bits per heavy atom. The molecule has 12 aromatic carbocycles. The smallest absolute Gasteiger partial charge is 0.151 e. The molecule has 0 aliphatic rings. The Morgan fingerprint density at radius 1 is 0.187 bits per heavy atom. The first-order valence-electron chi connectivity index (χ1n) is 31.3. The fraction of sp³-hybridized carbons (Fsp3) is 0.143. The van der Waals surface area contributed by atoms with Gasteiger partial charge in [0.1, 0.15) is 51.2 Å². The molecule has 0 N–H and O–H groups in total. The van der Waals surface area contributed by atoms with Crippen molar-refractivity contribution in [3.05, 3.63) is 358 Å². The van der Waals surface area contributed by atoms with E-state index in [-0.39, 0.29) is 0 Å². The molecule has 0 bridgehead atoms. The van der Waals surface area contributed by atoms with Crippen LogP contribution < -0.4 is 28.5 Å². The van der Waals surface area contributed by atoms with Gasteiger partial charge in [0.15, 0.2) is 17.1 Å². The van der Waals surface area contributed by atoms with Gasteiger partial charge in [0.2, 0.25) is 0 Å². The van der Waals surface area contributed by atoms with Gasteiger partial charge < -0.3 is 15.1 Å². The molecule has 0 aromatic heterocycles. The van der Waals surface area contributed by atoms with Crippen LogP contribution in [-0.4, -0.2) is 7.32 Å². The molecule has 0 saturated carbocycles. The molecule has 0 saturated heterocycles. The Kier molecular flexibility index (Phi) is 21.3. The summed E-state index contributed by atoms with van der Waals surface area (Å²) >= 11 is 0. The number of aryl methyl sites for hydroxylation is 3. The van der Waals surface area contributed by atoms with Crippen LogP contribution in [0, 0.1) is 83.1 Å². The fourth-order valence-corrected chi connectivity index (χ4v) is 13.1. The van der Waals surface area contributed by atoms with Gasteiger partial charge in [0.25, 0.3) is 0 Å². The summed E-state index contributed by atoms with van der Waals surface area (Å²) in [5, 5.41) is 25.2. The summed E-state index contributed by atoms with van der Waals surface area (Å²) in [7, 11) is -2.92. The van der Waals surface area contributed by atoms with Crippen LogP contribution in [0.25, 0.3) is 0 Å². The number of hydrogen-bond donors (Lipinski definition) is 0. The maximum absolute atomic E-state index is 8.42. The molecule has 0 radical (unpaired) electrons. The van der Waals surface area contributed by atoms with Crippen LogP contribution in [0.15, 0.2) is 291 Å². The summed E-state index contributed by atoms with van der Waals surface area (Å²) in [5.74, 6) is 0. The number of quaternary nitrogens is 3. The first-order chi connectivity index (χ1) is 43.9. The zero-order chi connectivity index (χ0) is 64.9. The van der Waals surface area contributed by atoms with Crippen LogP contribution in [-0.2, 0) is 0 Å². The minimum absolute atomic E-state index is 0.566. The van der Waals surface area contributed by atoms with E-state index in [4.69, 9.17) is 15.1 Å². The van der Waals surface area contributed by atoms with E-state index < -0.39 is 7.32 Å². The van der Waals surface area contributed by atoms with Gasteiger partial charge >= 0.3 is 0 Å². The zero-order valence-corrected chi connectivity index (χ0v) is 54.9. The third kappa shape index (κ3) is 13.1. The monoisotopic (exact) mass is 1190 g/mol. The highest BCUT2D eigenvalue weighted by Crippen LogP contribution is 2.56. The number of hydrogen-bond acceptors (Lipinski definition) is 3. The largest absolute Gasteiger partial charge is 0.907 e. The Morgan fingerprint density at radius 3 is 0.429 bits per heavy atom. The van der Waals surface area contributed by atoms with Crippen LogP contribution in [0.2, 0.25) is 0 Å². The third-order valence-corrected chi connectivity index (χ3v) is 18.7. The molecule has 0 amide bonds. The first-order valence-corrected chi connectivity index (χ1v) is 31.3. The van der Waals surface area contributed by atoms with Gasteiger partial charge in [-0.1, -0.05) is 164 Å². The molecule has 456 valence electrons. The molecular formula is C84H84BN3O3. The van der Waals surface area contributed by atoms with Crippen molar-refractivity contribution in [2.45, 2.75) is 83.1 Å². The van der Waals surface area contributed by atoms with Crippen LogP contribution in [0.1, 0.15) is 66.8 Å². The summed E-state index contributed by atoms with van der Waals surface area (Å²) in [6, 6.07) is 105. The van der Waals surface area contributed by atoms with E-state index in [1.807, 2.05) is 0 Å². The SMILES string of the molecule is Cc1cc([N+](c2ccccc2)(c2ccccc2)c2ccccc2)c(C)c(C)c1C.Cc1cc([N+](c2ccccc2)(c2ccccc2)c2ccccc2)c(C)c(C)c1C.Cc1cc([N+](c2ccccc2)(c2ccccc2)c2ccccc2)c(C)c(C)c1C.[O-]B([O-])[O-]. The molecule has 91 heavy (non-hydrogen) atoms. The van der Waals surface area contributed by atoms with Crippen molar-refractivity contribution in [2.75, 3.05) is 0 Å². The van der Waals surface area contributed by atoms with E-state index in [1.165, 1.54) is 135 Å². The zero-order valence-electron chi connectivity index (χ0n) is 54.9. The molecule has 0 aliphatic heterocycles. The van der Waals surface area contributed by atoms with Crippen molar-refractivity contribution in [3.63, 3.8) is 0 Å². The third-order valence-electron chi connectivity index (χ3n) is 18.7. The second-order valence-electron chi connectivity index (χ2n) is 23.6. The fourth-order valence-electron chi connectivity index (χ4n) is 13.1. The van der Waals surface area contributed by atoms with Gasteiger partial charge in [-0.2, -0.15) is 13.4 Å². The second-order valence-corrected chi connectivity index (χ2v) is 23.6. The minimum Gasteiger partial charge on any atom is -0.907 e. The number of nitrogens with zero attached hydrogens (tertiary/aromatic N) is 3. The highest BCUT2D eigenvalue weighted by Gasteiger charge is 2.44. The Labute approximate surface area is 542 Å². The molecule has 12 rings (SSSR count). The Bertz CT molecular complexity index is 3570. The van der Waals surface area contributed by atoms with Gasteiger partial charge in [-0.3, -0.25) is 7.32 Å². The number of benzene rings is 12. The number of para-hydroxylation sites is 9. The van der Waals surface area contributed by atoms with E-state index in [0.717, 1.165) is 0 Å². The summed E-state index contributed by atoms with van der Waals surface area (Å²) in [6.07, 6.45) is 0. The molecule has 0 spiro atoms. The quantitative estimate of drug-likeness (QED) is 0.0904. The number of rotatable bonds is 12. The highest BCUT2D eigenvalue weighted by molar-refractivity contribution is 6.24. The summed E-state index contributed by atoms with van der Waals surface area (Å²) < 4.78 is 1.70.